The van der Waals surface area contributed by atoms with Crippen molar-refractivity contribution in [3.8, 4) is 0 Å². The molecule has 0 unspecified atom stereocenters. The lowest BCUT2D eigenvalue weighted by atomic mass is 10.1. The number of nitrogens with one attached hydrogen (secondary N) is 2. The van der Waals surface area contributed by atoms with Crippen molar-refractivity contribution in [2.24, 2.45) is 5.92 Å². The Balaban J connectivity index is 0.00000180. The Morgan fingerprint density at radius 3 is 2.58 bits per heavy atom. The topological polar surface area (TPSA) is 41.1 Å². The van der Waals surface area contributed by atoms with Crippen LogP contribution in [0.2, 0.25) is 0 Å². The maximum absolute atomic E-state index is 12.7. The van der Waals surface area contributed by atoms with Gasteiger partial charge in [-0.15, -0.1) is 12.4 Å². The molecule has 0 aromatic heterocycles. The average Bonchev–Trinajstić information content (AvgIpc) is 3.16. The Kier molecular flexibility index (Phi) is 6.81. The number of benzene rings is 1. The lowest BCUT2D eigenvalue weighted by Gasteiger charge is -2.06. The third kappa shape index (κ3) is 6.55. The summed E-state index contributed by atoms with van der Waals surface area (Å²) in [6, 6.07) is 6.36. The van der Waals surface area contributed by atoms with Crippen molar-refractivity contribution in [3.05, 3.63) is 35.6 Å². The molecule has 0 radical (unpaired) electrons. The molecule has 3 nitrogen and oxygen atoms in total. The highest BCUT2D eigenvalue weighted by Gasteiger charge is 2.20. The molecule has 1 aliphatic rings. The van der Waals surface area contributed by atoms with Crippen molar-refractivity contribution in [2.45, 2.75) is 19.3 Å². The molecule has 106 valence electrons. The second kappa shape index (κ2) is 8.12. The van der Waals surface area contributed by atoms with Gasteiger partial charge in [-0.25, -0.2) is 4.39 Å². The van der Waals surface area contributed by atoms with Crippen LogP contribution >= 0.6 is 12.4 Å². The first-order valence-corrected chi connectivity index (χ1v) is 6.46. The number of carbonyl (C=O) groups is 1. The van der Waals surface area contributed by atoms with Crippen LogP contribution in [0.4, 0.5) is 4.39 Å². The van der Waals surface area contributed by atoms with Gasteiger partial charge < -0.3 is 10.6 Å². The fourth-order valence-electron chi connectivity index (χ4n) is 1.77. The zero-order valence-electron chi connectivity index (χ0n) is 10.8. The Morgan fingerprint density at radius 1 is 1.26 bits per heavy atom. The number of amides is 1. The minimum atomic E-state index is -0.230. The molecule has 0 bridgehead atoms. The minimum Gasteiger partial charge on any atom is -0.355 e. The summed E-state index contributed by atoms with van der Waals surface area (Å²) in [6.45, 7) is 1.93. The maximum atomic E-state index is 12.7. The molecule has 0 heterocycles. The van der Waals surface area contributed by atoms with E-state index in [-0.39, 0.29) is 24.1 Å². The fourth-order valence-corrected chi connectivity index (χ4v) is 1.77. The van der Waals surface area contributed by atoms with E-state index in [9.17, 15) is 9.18 Å². The molecule has 19 heavy (non-hydrogen) atoms. The van der Waals surface area contributed by atoms with E-state index in [1.54, 1.807) is 12.1 Å². The molecule has 1 fully saturated rings. The molecule has 2 rings (SSSR count). The normalized spacial score (nSPS) is 13.7. The molecule has 1 aliphatic carbocycles. The van der Waals surface area contributed by atoms with Crippen molar-refractivity contribution in [2.75, 3.05) is 19.6 Å². The average molecular weight is 287 g/mol. The van der Waals surface area contributed by atoms with Gasteiger partial charge in [0.25, 0.3) is 0 Å². The van der Waals surface area contributed by atoms with Gasteiger partial charge in [-0.3, -0.25) is 4.79 Å². The summed E-state index contributed by atoms with van der Waals surface area (Å²) in [5.41, 5.74) is 1.03. The van der Waals surface area contributed by atoms with Crippen molar-refractivity contribution in [1.82, 2.24) is 10.6 Å². The lowest BCUT2D eigenvalue weighted by molar-refractivity contribution is -0.120. The molecule has 0 saturated heterocycles. The summed E-state index contributed by atoms with van der Waals surface area (Å²) in [5, 5.41) is 5.99. The second-order valence-corrected chi connectivity index (χ2v) is 4.80. The minimum absolute atomic E-state index is 0. The van der Waals surface area contributed by atoms with Gasteiger partial charge in [0.1, 0.15) is 5.82 Å². The summed E-state index contributed by atoms with van der Waals surface area (Å²) in [5.74, 6) is 0.585. The van der Waals surface area contributed by atoms with Crippen LogP contribution in [0, 0.1) is 11.7 Å². The predicted octanol–water partition coefficient (Wildman–Crippen LogP) is 1.91. The van der Waals surface area contributed by atoms with Crippen LogP contribution in [-0.4, -0.2) is 25.5 Å². The van der Waals surface area contributed by atoms with E-state index in [4.69, 9.17) is 0 Å². The van der Waals surface area contributed by atoms with Crippen molar-refractivity contribution >= 4 is 18.3 Å². The van der Waals surface area contributed by atoms with Gasteiger partial charge in [-0.2, -0.15) is 0 Å². The van der Waals surface area contributed by atoms with Crippen molar-refractivity contribution in [3.63, 3.8) is 0 Å². The first-order valence-electron chi connectivity index (χ1n) is 6.46. The van der Waals surface area contributed by atoms with Gasteiger partial charge in [0.05, 0.1) is 6.54 Å². The van der Waals surface area contributed by atoms with Crippen molar-refractivity contribution in [1.29, 1.82) is 0 Å². The third-order valence-corrected chi connectivity index (χ3v) is 3.06. The molecular weight excluding hydrogens is 267 g/mol. The molecule has 2 N–H and O–H groups in total. The highest BCUT2D eigenvalue weighted by atomic mass is 35.5. The molecule has 1 aromatic rings. The van der Waals surface area contributed by atoms with E-state index in [1.807, 2.05) is 0 Å². The SMILES string of the molecule is Cl.O=C(CNCC1CC1)NCCc1ccc(F)cc1. The zero-order valence-corrected chi connectivity index (χ0v) is 11.6. The van der Waals surface area contributed by atoms with E-state index >= 15 is 0 Å². The summed E-state index contributed by atoms with van der Waals surface area (Å²) in [4.78, 5) is 11.5. The molecule has 1 amide bonds. The maximum Gasteiger partial charge on any atom is 0.233 e. The van der Waals surface area contributed by atoms with Crippen LogP contribution in [0.3, 0.4) is 0 Å². The van der Waals surface area contributed by atoms with E-state index in [0.29, 0.717) is 13.1 Å². The van der Waals surface area contributed by atoms with Crippen LogP contribution in [-0.2, 0) is 11.2 Å². The number of halogens is 2. The quantitative estimate of drug-likeness (QED) is 0.804. The van der Waals surface area contributed by atoms with E-state index in [1.165, 1.54) is 25.0 Å². The van der Waals surface area contributed by atoms with Gasteiger partial charge in [0, 0.05) is 6.54 Å². The Morgan fingerprint density at radius 2 is 1.95 bits per heavy atom. The number of carbonyl (C=O) groups excluding carboxylic acids is 1. The summed E-state index contributed by atoms with van der Waals surface area (Å²) in [6.07, 6.45) is 3.31. The number of hydrogen-bond donors (Lipinski definition) is 2. The molecule has 0 spiro atoms. The Hall–Kier alpha value is -1.13. The first kappa shape index (κ1) is 15.9. The summed E-state index contributed by atoms with van der Waals surface area (Å²) >= 11 is 0. The zero-order chi connectivity index (χ0) is 12.8. The monoisotopic (exact) mass is 286 g/mol. The number of hydrogen-bond acceptors (Lipinski definition) is 2. The Labute approximate surface area is 119 Å². The van der Waals surface area contributed by atoms with E-state index in [2.05, 4.69) is 10.6 Å². The largest absolute Gasteiger partial charge is 0.355 e. The third-order valence-electron chi connectivity index (χ3n) is 3.06. The van der Waals surface area contributed by atoms with Gasteiger partial charge in [0.15, 0.2) is 0 Å². The fraction of sp³-hybridized carbons (Fsp3) is 0.500. The van der Waals surface area contributed by atoms with Gasteiger partial charge in [-0.05, 0) is 49.4 Å². The van der Waals surface area contributed by atoms with Gasteiger partial charge in [-0.1, -0.05) is 12.1 Å². The van der Waals surface area contributed by atoms with Gasteiger partial charge >= 0.3 is 0 Å². The molecule has 1 saturated carbocycles. The summed E-state index contributed by atoms with van der Waals surface area (Å²) < 4.78 is 12.7. The van der Waals surface area contributed by atoms with Gasteiger partial charge in [0.2, 0.25) is 5.91 Å². The van der Waals surface area contributed by atoms with Crippen LogP contribution in [0.5, 0.6) is 0 Å². The first-order chi connectivity index (χ1) is 8.74. The van der Waals surface area contributed by atoms with E-state index in [0.717, 1.165) is 24.4 Å². The molecule has 5 heteroatoms. The summed E-state index contributed by atoms with van der Waals surface area (Å²) in [7, 11) is 0. The molecule has 0 aliphatic heterocycles. The van der Waals surface area contributed by atoms with Crippen LogP contribution in [0.1, 0.15) is 18.4 Å². The van der Waals surface area contributed by atoms with Crippen LogP contribution < -0.4 is 10.6 Å². The lowest BCUT2D eigenvalue weighted by Crippen LogP contribution is -2.35. The Bertz CT molecular complexity index is 393. The van der Waals surface area contributed by atoms with Crippen LogP contribution in [0.15, 0.2) is 24.3 Å². The van der Waals surface area contributed by atoms with E-state index < -0.39 is 0 Å². The highest BCUT2D eigenvalue weighted by Crippen LogP contribution is 2.27. The molecule has 0 atom stereocenters. The highest BCUT2D eigenvalue weighted by molar-refractivity contribution is 5.85. The number of rotatable bonds is 7. The molecular formula is C14H20ClFN2O. The van der Waals surface area contributed by atoms with Crippen molar-refractivity contribution < 1.29 is 9.18 Å². The molecule has 1 aromatic carbocycles. The smallest absolute Gasteiger partial charge is 0.233 e. The van der Waals surface area contributed by atoms with Crippen LogP contribution in [0.25, 0.3) is 0 Å². The predicted molar refractivity (Wildman–Crippen MR) is 76.0 cm³/mol. The second-order valence-electron chi connectivity index (χ2n) is 4.80. The standard InChI is InChI=1S/C14H19FN2O.ClH/c15-13-5-3-11(4-6-13)7-8-17-14(18)10-16-9-12-1-2-12;/h3-6,12,16H,1-2,7-10H2,(H,17,18);1H.